The standard InChI is InChI=1S/C11H12BrClN2O3/c12-9-5-4-8(15(17)18)7-10(9)14-11(16)3-1-2-6-13/h4-5,7H,1-3,6H2,(H,14,16). The third-order valence-corrected chi connectivity index (χ3v) is 3.18. The van der Waals surface area contributed by atoms with Crippen LogP contribution in [0.5, 0.6) is 0 Å². The third-order valence-electron chi connectivity index (χ3n) is 2.22. The van der Waals surface area contributed by atoms with Crippen molar-refractivity contribution < 1.29 is 9.72 Å². The Labute approximate surface area is 118 Å². The Balaban J connectivity index is 2.68. The average molecular weight is 336 g/mol. The van der Waals surface area contributed by atoms with Gasteiger partial charge in [-0.25, -0.2) is 0 Å². The first kappa shape index (κ1) is 14.9. The molecule has 1 amide bonds. The molecule has 1 rings (SSSR count). The first-order valence-corrected chi connectivity index (χ1v) is 6.67. The lowest BCUT2D eigenvalue weighted by Crippen LogP contribution is -2.11. The summed E-state index contributed by atoms with van der Waals surface area (Å²) in [4.78, 5) is 21.7. The molecule has 98 valence electrons. The minimum Gasteiger partial charge on any atom is -0.325 e. The second-order valence-electron chi connectivity index (χ2n) is 3.62. The number of alkyl halides is 1. The Morgan fingerprint density at radius 1 is 1.44 bits per heavy atom. The molecule has 0 spiro atoms. The highest BCUT2D eigenvalue weighted by atomic mass is 79.9. The maximum atomic E-state index is 11.6. The summed E-state index contributed by atoms with van der Waals surface area (Å²) in [5.74, 6) is 0.342. The number of benzene rings is 1. The fourth-order valence-electron chi connectivity index (χ4n) is 1.32. The summed E-state index contributed by atoms with van der Waals surface area (Å²) in [6, 6.07) is 4.23. The van der Waals surface area contributed by atoms with Crippen LogP contribution in [0.1, 0.15) is 19.3 Å². The summed E-state index contributed by atoms with van der Waals surface area (Å²) >= 11 is 8.74. The fraction of sp³-hybridized carbons (Fsp3) is 0.364. The van der Waals surface area contributed by atoms with Crippen LogP contribution in [0.4, 0.5) is 11.4 Å². The molecule has 0 atom stereocenters. The van der Waals surface area contributed by atoms with Gasteiger partial charge in [-0.1, -0.05) is 0 Å². The normalized spacial score (nSPS) is 10.1. The zero-order chi connectivity index (χ0) is 13.5. The monoisotopic (exact) mass is 334 g/mol. The molecule has 0 bridgehead atoms. The molecule has 1 aromatic rings. The van der Waals surface area contributed by atoms with Crippen LogP contribution in [-0.4, -0.2) is 16.7 Å². The predicted octanol–water partition coefficient (Wildman–Crippen LogP) is 3.70. The van der Waals surface area contributed by atoms with E-state index < -0.39 is 4.92 Å². The van der Waals surface area contributed by atoms with E-state index in [0.29, 0.717) is 28.9 Å². The van der Waals surface area contributed by atoms with Gasteiger partial charge in [0.25, 0.3) is 5.69 Å². The number of nitrogens with one attached hydrogen (secondary N) is 1. The summed E-state index contributed by atoms with van der Waals surface area (Å²) in [6.45, 7) is 0. The lowest BCUT2D eigenvalue weighted by Gasteiger charge is -2.06. The van der Waals surface area contributed by atoms with Gasteiger partial charge < -0.3 is 5.32 Å². The number of amides is 1. The van der Waals surface area contributed by atoms with Crippen LogP contribution in [0.3, 0.4) is 0 Å². The van der Waals surface area contributed by atoms with Crippen molar-refractivity contribution in [2.45, 2.75) is 19.3 Å². The van der Waals surface area contributed by atoms with Crippen LogP contribution in [0.25, 0.3) is 0 Å². The average Bonchev–Trinajstić information content (AvgIpc) is 2.32. The fourth-order valence-corrected chi connectivity index (χ4v) is 1.85. The van der Waals surface area contributed by atoms with Crippen molar-refractivity contribution >= 4 is 44.8 Å². The molecule has 0 radical (unpaired) electrons. The second kappa shape index (κ2) is 7.33. The van der Waals surface area contributed by atoms with Gasteiger partial charge in [0.2, 0.25) is 5.91 Å². The summed E-state index contributed by atoms with van der Waals surface area (Å²) in [7, 11) is 0. The number of nitro groups is 1. The highest BCUT2D eigenvalue weighted by Crippen LogP contribution is 2.27. The van der Waals surface area contributed by atoms with Crippen LogP contribution in [0, 0.1) is 10.1 Å². The third kappa shape index (κ3) is 4.62. The number of non-ortho nitro benzene ring substituents is 1. The highest BCUT2D eigenvalue weighted by molar-refractivity contribution is 9.10. The van der Waals surface area contributed by atoms with E-state index in [4.69, 9.17) is 11.6 Å². The molecule has 0 fully saturated rings. The number of hydrogen-bond donors (Lipinski definition) is 1. The van der Waals surface area contributed by atoms with Gasteiger partial charge in [0.05, 0.1) is 10.6 Å². The maximum Gasteiger partial charge on any atom is 0.271 e. The van der Waals surface area contributed by atoms with Gasteiger partial charge in [-0.2, -0.15) is 0 Å². The molecule has 0 saturated heterocycles. The lowest BCUT2D eigenvalue weighted by atomic mass is 10.2. The molecule has 0 aliphatic carbocycles. The number of hydrogen-bond acceptors (Lipinski definition) is 3. The van der Waals surface area contributed by atoms with Gasteiger partial charge in [-0.05, 0) is 34.8 Å². The molecule has 5 nitrogen and oxygen atoms in total. The second-order valence-corrected chi connectivity index (χ2v) is 4.85. The zero-order valence-electron chi connectivity index (χ0n) is 9.49. The quantitative estimate of drug-likeness (QED) is 0.373. The Hall–Kier alpha value is -1.14. The number of halogens is 2. The summed E-state index contributed by atoms with van der Waals surface area (Å²) in [6.07, 6.45) is 1.81. The first-order chi connectivity index (χ1) is 8.54. The molecule has 18 heavy (non-hydrogen) atoms. The van der Waals surface area contributed by atoms with Gasteiger partial charge in [0.15, 0.2) is 0 Å². The van der Waals surface area contributed by atoms with Crippen molar-refractivity contribution in [2.24, 2.45) is 0 Å². The minimum atomic E-state index is -0.504. The topological polar surface area (TPSA) is 72.2 Å². The van der Waals surface area contributed by atoms with Gasteiger partial charge in [0.1, 0.15) is 0 Å². The van der Waals surface area contributed by atoms with Crippen molar-refractivity contribution in [3.8, 4) is 0 Å². The number of carbonyl (C=O) groups excluding carboxylic acids is 1. The van der Waals surface area contributed by atoms with Gasteiger partial charge >= 0.3 is 0 Å². The molecular formula is C11H12BrClN2O3. The zero-order valence-corrected chi connectivity index (χ0v) is 11.8. The highest BCUT2D eigenvalue weighted by Gasteiger charge is 2.11. The van der Waals surface area contributed by atoms with E-state index >= 15 is 0 Å². The Morgan fingerprint density at radius 2 is 2.17 bits per heavy atom. The molecule has 0 aromatic heterocycles. The number of carbonyl (C=O) groups is 1. The maximum absolute atomic E-state index is 11.6. The summed E-state index contributed by atoms with van der Waals surface area (Å²) in [5, 5.41) is 13.3. The number of nitro benzene ring substituents is 1. The number of unbranched alkanes of at least 4 members (excludes halogenated alkanes) is 1. The van der Waals surface area contributed by atoms with E-state index in [1.54, 1.807) is 0 Å². The SMILES string of the molecule is O=C(CCCCCl)Nc1cc([N+](=O)[O-])ccc1Br. The largest absolute Gasteiger partial charge is 0.325 e. The number of rotatable bonds is 6. The smallest absolute Gasteiger partial charge is 0.271 e. The van der Waals surface area contributed by atoms with E-state index in [1.807, 2.05) is 0 Å². The van der Waals surface area contributed by atoms with E-state index in [9.17, 15) is 14.9 Å². The van der Waals surface area contributed by atoms with Crippen molar-refractivity contribution in [1.29, 1.82) is 0 Å². The molecule has 1 N–H and O–H groups in total. The number of nitrogens with zero attached hydrogens (tertiary/aromatic N) is 1. The summed E-state index contributed by atoms with van der Waals surface area (Å²) < 4.78 is 0.610. The molecular weight excluding hydrogens is 323 g/mol. The Kier molecular flexibility index (Phi) is 6.07. The van der Waals surface area contributed by atoms with Crippen molar-refractivity contribution in [1.82, 2.24) is 0 Å². The molecule has 0 heterocycles. The lowest BCUT2D eigenvalue weighted by molar-refractivity contribution is -0.384. The summed E-state index contributed by atoms with van der Waals surface area (Å²) in [5.41, 5.74) is 0.342. The predicted molar refractivity (Wildman–Crippen MR) is 74.0 cm³/mol. The van der Waals surface area contributed by atoms with Gasteiger partial charge in [0, 0.05) is 28.9 Å². The van der Waals surface area contributed by atoms with E-state index in [-0.39, 0.29) is 11.6 Å². The van der Waals surface area contributed by atoms with Crippen LogP contribution in [-0.2, 0) is 4.79 Å². The van der Waals surface area contributed by atoms with Crippen LogP contribution in [0.15, 0.2) is 22.7 Å². The van der Waals surface area contributed by atoms with Crippen LogP contribution < -0.4 is 5.32 Å². The van der Waals surface area contributed by atoms with E-state index in [1.165, 1.54) is 18.2 Å². The van der Waals surface area contributed by atoms with E-state index in [2.05, 4.69) is 21.2 Å². The molecule has 0 aliphatic heterocycles. The van der Waals surface area contributed by atoms with Crippen molar-refractivity contribution in [3.05, 3.63) is 32.8 Å². The molecule has 0 saturated carbocycles. The molecule has 1 aromatic carbocycles. The van der Waals surface area contributed by atoms with Crippen LogP contribution in [0.2, 0.25) is 0 Å². The van der Waals surface area contributed by atoms with Gasteiger partial charge in [-0.3, -0.25) is 14.9 Å². The van der Waals surface area contributed by atoms with Crippen molar-refractivity contribution in [2.75, 3.05) is 11.2 Å². The molecule has 0 unspecified atom stereocenters. The van der Waals surface area contributed by atoms with Crippen molar-refractivity contribution in [3.63, 3.8) is 0 Å². The number of anilines is 1. The Morgan fingerprint density at radius 3 is 2.78 bits per heavy atom. The van der Waals surface area contributed by atoms with Crippen LogP contribution >= 0.6 is 27.5 Å². The first-order valence-electron chi connectivity index (χ1n) is 5.34. The molecule has 0 aliphatic rings. The Bertz CT molecular complexity index is 454. The molecule has 7 heteroatoms. The minimum absolute atomic E-state index is 0.0609. The van der Waals surface area contributed by atoms with E-state index in [0.717, 1.165) is 6.42 Å². The van der Waals surface area contributed by atoms with Gasteiger partial charge in [-0.15, -0.1) is 11.6 Å².